The van der Waals surface area contributed by atoms with Crippen LogP contribution in [0.1, 0.15) is 6.92 Å². The normalized spacial score (nSPS) is 28.1. The predicted octanol–water partition coefficient (Wildman–Crippen LogP) is 1.59. The van der Waals surface area contributed by atoms with Crippen LogP contribution >= 0.6 is 11.8 Å². The second kappa shape index (κ2) is 5.31. The summed E-state index contributed by atoms with van der Waals surface area (Å²) in [6.07, 6.45) is 0. The molecular formula is C13H12F2N2O3S2. The van der Waals surface area contributed by atoms with Crippen LogP contribution in [0.3, 0.4) is 0 Å². The van der Waals surface area contributed by atoms with Crippen LogP contribution in [-0.2, 0) is 14.6 Å². The van der Waals surface area contributed by atoms with E-state index in [2.05, 4.69) is 4.99 Å². The molecule has 1 amide bonds. The lowest BCUT2D eigenvalue weighted by Crippen LogP contribution is -2.38. The molecule has 118 valence electrons. The largest absolute Gasteiger partial charge is 0.313 e. The average molecular weight is 346 g/mol. The third kappa shape index (κ3) is 2.74. The van der Waals surface area contributed by atoms with Gasteiger partial charge in [-0.3, -0.25) is 4.79 Å². The number of anilines is 1. The lowest BCUT2D eigenvalue weighted by molar-refractivity contribution is -0.115. The molecule has 1 aromatic rings. The van der Waals surface area contributed by atoms with Gasteiger partial charge < -0.3 is 4.90 Å². The fraction of sp³-hybridized carbons (Fsp3) is 0.385. The van der Waals surface area contributed by atoms with Crippen molar-refractivity contribution in [1.82, 2.24) is 0 Å². The van der Waals surface area contributed by atoms with E-state index in [-0.39, 0.29) is 27.6 Å². The lowest BCUT2D eigenvalue weighted by Gasteiger charge is -2.24. The molecule has 0 bridgehead atoms. The average Bonchev–Trinajstić information content (AvgIpc) is 2.81. The first-order chi connectivity index (χ1) is 10.3. The van der Waals surface area contributed by atoms with Crippen molar-refractivity contribution in [3.63, 3.8) is 0 Å². The van der Waals surface area contributed by atoms with Gasteiger partial charge in [0, 0.05) is 18.2 Å². The molecule has 3 rings (SSSR count). The number of hydrogen-bond acceptors (Lipinski definition) is 4. The molecule has 0 saturated carbocycles. The van der Waals surface area contributed by atoms with Gasteiger partial charge in [-0.15, -0.1) is 0 Å². The molecule has 2 fully saturated rings. The topological polar surface area (TPSA) is 66.8 Å². The minimum absolute atomic E-state index is 0.0264. The number of fused-ring (bicyclic) bond motifs is 1. The van der Waals surface area contributed by atoms with Gasteiger partial charge in [-0.2, -0.15) is 4.99 Å². The van der Waals surface area contributed by atoms with Gasteiger partial charge >= 0.3 is 0 Å². The van der Waals surface area contributed by atoms with Gasteiger partial charge in [-0.1, -0.05) is 11.8 Å². The Kier molecular flexibility index (Phi) is 3.72. The van der Waals surface area contributed by atoms with Crippen molar-refractivity contribution >= 4 is 38.4 Å². The summed E-state index contributed by atoms with van der Waals surface area (Å²) in [5.74, 6) is -2.19. The molecule has 2 heterocycles. The maximum atomic E-state index is 14.1. The molecule has 0 radical (unpaired) electrons. The van der Waals surface area contributed by atoms with Crippen molar-refractivity contribution in [2.45, 2.75) is 18.2 Å². The van der Waals surface area contributed by atoms with Crippen LogP contribution in [0, 0.1) is 11.6 Å². The Balaban J connectivity index is 2.08. The van der Waals surface area contributed by atoms with E-state index in [0.717, 1.165) is 23.9 Å². The molecular weight excluding hydrogens is 334 g/mol. The molecule has 2 unspecified atom stereocenters. The quantitative estimate of drug-likeness (QED) is 0.772. The van der Waals surface area contributed by atoms with Crippen LogP contribution in [0.25, 0.3) is 0 Å². The van der Waals surface area contributed by atoms with Crippen LogP contribution in [0.2, 0.25) is 0 Å². The zero-order valence-corrected chi connectivity index (χ0v) is 13.1. The van der Waals surface area contributed by atoms with Gasteiger partial charge in [0.25, 0.3) is 0 Å². The van der Waals surface area contributed by atoms with Crippen molar-refractivity contribution < 1.29 is 22.0 Å². The van der Waals surface area contributed by atoms with Crippen LogP contribution in [0.5, 0.6) is 0 Å². The van der Waals surface area contributed by atoms with E-state index in [4.69, 9.17) is 0 Å². The number of nitrogens with zero attached hydrogens (tertiary/aromatic N) is 2. The molecule has 0 aromatic heterocycles. The fourth-order valence-electron chi connectivity index (χ4n) is 2.66. The van der Waals surface area contributed by atoms with Gasteiger partial charge in [-0.05, 0) is 12.1 Å². The number of amidine groups is 1. The highest BCUT2D eigenvalue weighted by atomic mass is 32.2. The van der Waals surface area contributed by atoms with Crippen molar-refractivity contribution in [2.24, 2.45) is 4.99 Å². The van der Waals surface area contributed by atoms with E-state index < -0.39 is 33.4 Å². The number of aliphatic imine (C=N–C) groups is 1. The smallest absolute Gasteiger partial charge is 0.244 e. The van der Waals surface area contributed by atoms with Crippen LogP contribution < -0.4 is 4.90 Å². The Morgan fingerprint density at radius 1 is 1.36 bits per heavy atom. The van der Waals surface area contributed by atoms with Crippen molar-refractivity contribution in [2.75, 3.05) is 16.4 Å². The maximum Gasteiger partial charge on any atom is 0.244 e. The fourth-order valence-corrected chi connectivity index (χ4v) is 6.61. The molecule has 0 N–H and O–H groups in total. The SMILES string of the molecule is CC(=O)N=C1SC2CS(=O)(=O)CC2N1c1ccc(F)cc1F. The van der Waals surface area contributed by atoms with E-state index in [0.29, 0.717) is 0 Å². The number of sulfone groups is 1. The van der Waals surface area contributed by atoms with Crippen molar-refractivity contribution in [3.05, 3.63) is 29.8 Å². The highest BCUT2D eigenvalue weighted by molar-refractivity contribution is 8.16. The number of rotatable bonds is 1. The number of benzene rings is 1. The Morgan fingerprint density at radius 2 is 2.09 bits per heavy atom. The molecule has 2 atom stereocenters. The van der Waals surface area contributed by atoms with Gasteiger partial charge in [-0.25, -0.2) is 17.2 Å². The minimum atomic E-state index is -3.22. The lowest BCUT2D eigenvalue weighted by atomic mass is 10.2. The molecule has 2 saturated heterocycles. The molecule has 0 spiro atoms. The number of thioether (sulfide) groups is 1. The number of halogens is 2. The van der Waals surface area contributed by atoms with Crippen LogP contribution in [-0.4, -0.2) is 42.3 Å². The number of amides is 1. The maximum absolute atomic E-state index is 14.1. The summed E-state index contributed by atoms with van der Waals surface area (Å²) in [6, 6.07) is 2.54. The van der Waals surface area contributed by atoms with Gasteiger partial charge in [0.2, 0.25) is 5.91 Å². The highest BCUT2D eigenvalue weighted by Crippen LogP contribution is 2.41. The van der Waals surface area contributed by atoms with Crippen molar-refractivity contribution in [3.8, 4) is 0 Å². The van der Waals surface area contributed by atoms with E-state index in [1.54, 1.807) is 0 Å². The van der Waals surface area contributed by atoms with E-state index in [1.165, 1.54) is 17.9 Å². The summed E-state index contributed by atoms with van der Waals surface area (Å²) >= 11 is 1.14. The van der Waals surface area contributed by atoms with E-state index in [9.17, 15) is 22.0 Å². The third-order valence-corrected chi connectivity index (χ3v) is 6.70. The van der Waals surface area contributed by atoms with Gasteiger partial charge in [0.15, 0.2) is 15.0 Å². The van der Waals surface area contributed by atoms with Gasteiger partial charge in [0.05, 0.1) is 23.2 Å². The molecule has 0 aliphatic carbocycles. The van der Waals surface area contributed by atoms with E-state index in [1.807, 2.05) is 0 Å². The van der Waals surface area contributed by atoms with Crippen LogP contribution in [0.4, 0.5) is 14.5 Å². The number of hydrogen-bond donors (Lipinski definition) is 0. The summed E-state index contributed by atoms with van der Waals surface area (Å²) in [7, 11) is -3.22. The summed E-state index contributed by atoms with van der Waals surface area (Å²) in [5, 5.41) is -0.0598. The Bertz CT molecular complexity index is 779. The number of carbonyl (C=O) groups excluding carboxylic acids is 1. The standard InChI is InChI=1S/C13H12F2N2O3S2/c1-7(18)16-13-17(10-3-2-8(14)4-9(10)15)11-5-22(19,20)6-12(11)21-13/h2-4,11-12H,5-6H2,1H3. The minimum Gasteiger partial charge on any atom is -0.313 e. The first-order valence-corrected chi connectivity index (χ1v) is 9.17. The zero-order chi connectivity index (χ0) is 16.1. The number of carbonyl (C=O) groups is 1. The van der Waals surface area contributed by atoms with E-state index >= 15 is 0 Å². The first-order valence-electron chi connectivity index (χ1n) is 6.47. The second-order valence-corrected chi connectivity index (χ2v) is 8.54. The molecule has 1 aromatic carbocycles. The molecule has 9 heteroatoms. The molecule has 22 heavy (non-hydrogen) atoms. The predicted molar refractivity (Wildman–Crippen MR) is 80.8 cm³/mol. The van der Waals surface area contributed by atoms with Gasteiger partial charge in [0.1, 0.15) is 11.6 Å². The Morgan fingerprint density at radius 3 is 2.73 bits per heavy atom. The highest BCUT2D eigenvalue weighted by Gasteiger charge is 2.49. The zero-order valence-electron chi connectivity index (χ0n) is 11.5. The second-order valence-electron chi connectivity index (χ2n) is 5.18. The summed E-state index contributed by atoms with van der Waals surface area (Å²) in [5.41, 5.74) is 0.0264. The third-order valence-electron chi connectivity index (χ3n) is 3.49. The Hall–Kier alpha value is -1.48. The summed E-state index contributed by atoms with van der Waals surface area (Å²) in [4.78, 5) is 16.5. The van der Waals surface area contributed by atoms with Crippen molar-refractivity contribution in [1.29, 1.82) is 0 Å². The molecule has 5 nitrogen and oxygen atoms in total. The monoisotopic (exact) mass is 346 g/mol. The van der Waals surface area contributed by atoms with Crippen LogP contribution in [0.15, 0.2) is 23.2 Å². The molecule has 2 aliphatic heterocycles. The summed E-state index contributed by atoms with van der Waals surface area (Å²) in [6.45, 7) is 1.26. The Labute approximate surface area is 130 Å². The molecule has 2 aliphatic rings. The summed E-state index contributed by atoms with van der Waals surface area (Å²) < 4.78 is 50.7. The first kappa shape index (κ1) is 15.4.